The molecule has 2 spiro atoms. The monoisotopic (exact) mass is 654 g/mol. The van der Waals surface area contributed by atoms with Crippen LogP contribution >= 0.6 is 0 Å². The molecule has 8 fully saturated rings. The Morgan fingerprint density at radius 2 is 1.74 bits per heavy atom. The molecule has 13 atom stereocenters. The van der Waals surface area contributed by atoms with Crippen LogP contribution in [0.15, 0.2) is 0 Å². The van der Waals surface area contributed by atoms with Crippen molar-refractivity contribution in [2.24, 2.45) is 56.7 Å². The number of hydrogen-bond acceptors (Lipinski definition) is 6. The first-order chi connectivity index (χ1) is 22.3. The van der Waals surface area contributed by atoms with Crippen molar-refractivity contribution in [2.75, 3.05) is 26.7 Å². The van der Waals surface area contributed by atoms with Crippen LogP contribution in [0.2, 0.25) is 0 Å². The van der Waals surface area contributed by atoms with Crippen LogP contribution in [0, 0.1) is 56.7 Å². The number of carbonyl (C=O) groups is 2. The van der Waals surface area contributed by atoms with E-state index in [1.54, 1.807) is 7.05 Å². The molecule has 2 saturated heterocycles. The van der Waals surface area contributed by atoms with Crippen molar-refractivity contribution in [3.63, 3.8) is 0 Å². The maximum absolute atomic E-state index is 12.9. The molecule has 0 radical (unpaired) electrons. The molecule has 2 N–H and O–H groups in total. The minimum absolute atomic E-state index is 0.0238. The molecular weight excluding hydrogens is 592 g/mol. The molecule has 47 heavy (non-hydrogen) atoms. The normalized spacial score (nSPS) is 51.1. The molecule has 2 amide bonds. The van der Waals surface area contributed by atoms with Gasteiger partial charge in [-0.05, 0) is 122 Å². The van der Waals surface area contributed by atoms with Crippen molar-refractivity contribution in [1.29, 1.82) is 0 Å². The molecule has 6 aliphatic carbocycles. The summed E-state index contributed by atoms with van der Waals surface area (Å²) in [5, 5.41) is 15.2. The van der Waals surface area contributed by atoms with Gasteiger partial charge in [-0.2, -0.15) is 0 Å². The van der Waals surface area contributed by atoms with Gasteiger partial charge in [0.15, 0.2) is 6.29 Å². The van der Waals surface area contributed by atoms with Gasteiger partial charge in [-0.15, -0.1) is 0 Å². The van der Waals surface area contributed by atoms with Gasteiger partial charge in [-0.25, -0.2) is 0 Å². The lowest BCUT2D eigenvalue weighted by Crippen LogP contribution is -2.60. The number of amides is 2. The SMILES string of the molecule is CNC(=O)CCC1C[C@@H](C)C2C(O1)[C@H](O)[C@@]1(C)[C@@H]3CC[C@H]4C(C)(C)[C@@H](OC5CN(C(=O)CC6CC6)CCO5)CCC45C[C@@]35CC[C@]21C. The quantitative estimate of drug-likeness (QED) is 0.366. The van der Waals surface area contributed by atoms with Crippen molar-refractivity contribution in [1.82, 2.24) is 10.2 Å². The van der Waals surface area contributed by atoms with Gasteiger partial charge >= 0.3 is 0 Å². The van der Waals surface area contributed by atoms with Crippen LogP contribution in [0.4, 0.5) is 0 Å². The van der Waals surface area contributed by atoms with E-state index < -0.39 is 6.10 Å². The average molecular weight is 655 g/mol. The highest BCUT2D eigenvalue weighted by Gasteiger charge is 2.84. The number of aliphatic hydroxyl groups excluding tert-OH is 1. The lowest BCUT2D eigenvalue weighted by molar-refractivity contribution is -0.248. The summed E-state index contributed by atoms with van der Waals surface area (Å²) in [7, 11) is 1.70. The topological polar surface area (TPSA) is 97.3 Å². The summed E-state index contributed by atoms with van der Waals surface area (Å²) in [4.78, 5) is 26.9. The zero-order valence-corrected chi connectivity index (χ0v) is 30.0. The zero-order valence-electron chi connectivity index (χ0n) is 30.0. The van der Waals surface area contributed by atoms with Crippen molar-refractivity contribution in [3.05, 3.63) is 0 Å². The number of ether oxygens (including phenoxy) is 3. The highest BCUT2D eigenvalue weighted by Crippen LogP contribution is 2.89. The standard InChI is InChI=1S/C39H62N2O6/c1-23-19-25(9-12-29(42)40-6)46-33-32(23)36(4)15-16-39-22-38(39)14-13-28(35(2,3)26(38)10-11-27(39)37(36,5)34(33)44)47-31-21-41(17-18-45-31)30(43)20-24-7-8-24/h23-28,31-34,44H,7-22H2,1-6H3,(H,40,42)/t23-,25?,26+,27+,28+,31?,32?,33?,34+,36-,37-,38?,39+/m1/s1. The molecule has 2 aliphatic heterocycles. The van der Waals surface area contributed by atoms with Crippen LogP contribution in [0.3, 0.4) is 0 Å². The minimum atomic E-state index is -0.471. The van der Waals surface area contributed by atoms with Crippen LogP contribution in [0.5, 0.6) is 0 Å². The number of morpholine rings is 1. The maximum Gasteiger partial charge on any atom is 0.223 e. The molecular formula is C39H62N2O6. The van der Waals surface area contributed by atoms with Crippen LogP contribution in [0.1, 0.15) is 118 Å². The first-order valence-electron chi connectivity index (χ1n) is 19.4. The van der Waals surface area contributed by atoms with Crippen molar-refractivity contribution in [2.45, 2.75) is 149 Å². The number of aliphatic hydroxyl groups is 1. The van der Waals surface area contributed by atoms with Crippen LogP contribution in [-0.4, -0.2) is 79.3 Å². The summed E-state index contributed by atoms with van der Waals surface area (Å²) >= 11 is 0. The van der Waals surface area contributed by atoms with Crippen LogP contribution < -0.4 is 5.32 Å². The number of rotatable bonds is 7. The molecule has 0 aromatic rings. The van der Waals surface area contributed by atoms with E-state index in [9.17, 15) is 14.7 Å². The maximum atomic E-state index is 12.9. The second-order valence-corrected chi connectivity index (χ2v) is 18.8. The Balaban J connectivity index is 0.987. The fourth-order valence-electron chi connectivity index (χ4n) is 14.0. The van der Waals surface area contributed by atoms with Gasteiger partial charge in [0.1, 0.15) is 0 Å². The number of hydrogen-bond donors (Lipinski definition) is 2. The molecule has 8 rings (SSSR count). The van der Waals surface area contributed by atoms with E-state index in [1.165, 1.54) is 51.4 Å². The predicted molar refractivity (Wildman–Crippen MR) is 178 cm³/mol. The third kappa shape index (κ3) is 4.65. The molecule has 264 valence electrons. The molecule has 8 aliphatic rings. The molecule has 0 aromatic carbocycles. The largest absolute Gasteiger partial charge is 0.390 e. The summed E-state index contributed by atoms with van der Waals surface area (Å²) in [5.74, 6) is 2.87. The second kappa shape index (κ2) is 11.1. The fraction of sp³-hybridized carbons (Fsp3) is 0.949. The van der Waals surface area contributed by atoms with E-state index in [0.717, 1.165) is 19.3 Å². The third-order valence-electron chi connectivity index (χ3n) is 16.6. The van der Waals surface area contributed by atoms with Gasteiger partial charge in [0.2, 0.25) is 11.8 Å². The summed E-state index contributed by atoms with van der Waals surface area (Å²) in [6.45, 7) is 14.1. The molecule has 2 heterocycles. The Labute approximate surface area is 282 Å². The summed E-state index contributed by atoms with van der Waals surface area (Å²) in [6.07, 6.45) is 12.8. The fourth-order valence-corrected chi connectivity index (χ4v) is 14.0. The first-order valence-corrected chi connectivity index (χ1v) is 19.4. The van der Waals surface area contributed by atoms with Gasteiger partial charge in [0.25, 0.3) is 0 Å². The van der Waals surface area contributed by atoms with E-state index in [0.29, 0.717) is 73.0 Å². The van der Waals surface area contributed by atoms with Crippen molar-refractivity contribution in [3.8, 4) is 0 Å². The lowest BCUT2D eigenvalue weighted by Gasteiger charge is -2.64. The Bertz CT molecular complexity index is 1270. The van der Waals surface area contributed by atoms with Crippen molar-refractivity contribution < 1.29 is 28.9 Å². The molecule has 6 saturated carbocycles. The van der Waals surface area contributed by atoms with E-state index in [-0.39, 0.29) is 52.7 Å². The molecule has 0 bridgehead atoms. The summed E-state index contributed by atoms with van der Waals surface area (Å²) in [6, 6.07) is 0. The number of fused-ring (bicyclic) bond motifs is 4. The van der Waals surface area contributed by atoms with Gasteiger partial charge in [0, 0.05) is 31.8 Å². The van der Waals surface area contributed by atoms with Crippen LogP contribution in [0.25, 0.3) is 0 Å². The molecule has 8 nitrogen and oxygen atoms in total. The number of nitrogens with one attached hydrogen (secondary N) is 1. The summed E-state index contributed by atoms with van der Waals surface area (Å²) in [5.41, 5.74) is 0.528. The molecule has 0 aromatic heterocycles. The molecule has 5 unspecified atom stereocenters. The van der Waals surface area contributed by atoms with Gasteiger partial charge in [0.05, 0.1) is 37.6 Å². The van der Waals surface area contributed by atoms with E-state index in [4.69, 9.17) is 14.2 Å². The minimum Gasteiger partial charge on any atom is -0.390 e. The van der Waals surface area contributed by atoms with Gasteiger partial charge in [-0.1, -0.05) is 34.6 Å². The first kappa shape index (κ1) is 33.0. The zero-order chi connectivity index (χ0) is 33.1. The van der Waals surface area contributed by atoms with Gasteiger partial charge < -0.3 is 29.5 Å². The highest BCUT2D eigenvalue weighted by molar-refractivity contribution is 5.77. The number of carbonyl (C=O) groups excluding carboxylic acids is 2. The average Bonchev–Trinajstić information content (AvgIpc) is 3.96. The van der Waals surface area contributed by atoms with Crippen LogP contribution in [-0.2, 0) is 23.8 Å². The Kier molecular flexibility index (Phi) is 7.81. The smallest absolute Gasteiger partial charge is 0.223 e. The Morgan fingerprint density at radius 3 is 2.49 bits per heavy atom. The lowest BCUT2D eigenvalue weighted by atomic mass is 9.41. The molecule has 8 heteroatoms. The van der Waals surface area contributed by atoms with Crippen molar-refractivity contribution >= 4 is 11.8 Å². The van der Waals surface area contributed by atoms with Gasteiger partial charge in [-0.3, -0.25) is 9.59 Å². The van der Waals surface area contributed by atoms with E-state index in [1.807, 2.05) is 4.90 Å². The highest BCUT2D eigenvalue weighted by atomic mass is 16.7. The third-order valence-corrected chi connectivity index (χ3v) is 16.6. The predicted octanol–water partition coefficient (Wildman–Crippen LogP) is 5.70. The van der Waals surface area contributed by atoms with E-state index >= 15 is 0 Å². The van der Waals surface area contributed by atoms with E-state index in [2.05, 4.69) is 39.9 Å². The summed E-state index contributed by atoms with van der Waals surface area (Å²) < 4.78 is 19.8. The number of nitrogens with zero attached hydrogens (tertiary/aromatic N) is 1. The Hall–Kier alpha value is -1.22. The second-order valence-electron chi connectivity index (χ2n) is 18.8. The Morgan fingerprint density at radius 1 is 1.00 bits per heavy atom.